The third kappa shape index (κ3) is 4.31. The number of hydrogen-bond acceptors (Lipinski definition) is 4. The van der Waals surface area contributed by atoms with Gasteiger partial charge in [-0.05, 0) is 25.7 Å². The Hall–Kier alpha value is -1.85. The van der Waals surface area contributed by atoms with E-state index in [1.807, 2.05) is 19.2 Å². The molecular weight excluding hydrogens is 290 g/mol. The zero-order chi connectivity index (χ0) is 15.2. The number of nitrogens with one attached hydrogen (secondary N) is 1. The van der Waals surface area contributed by atoms with Crippen LogP contribution in [0.4, 0.5) is 0 Å². The second-order valence-corrected chi connectivity index (χ2v) is 5.17. The van der Waals surface area contributed by atoms with Crippen molar-refractivity contribution >= 4 is 17.5 Å². The molecule has 0 bridgehead atoms. The second-order valence-electron chi connectivity index (χ2n) is 4.74. The summed E-state index contributed by atoms with van der Waals surface area (Å²) >= 11 is 5.93. The van der Waals surface area contributed by atoms with Crippen LogP contribution in [-0.2, 0) is 0 Å². The lowest BCUT2D eigenvalue weighted by Crippen LogP contribution is -2.32. The van der Waals surface area contributed by atoms with Crippen LogP contribution in [0, 0.1) is 0 Å². The predicted molar refractivity (Wildman–Crippen MR) is 82.5 cm³/mol. The Bertz CT molecular complexity index is 612. The van der Waals surface area contributed by atoms with Crippen LogP contribution in [0.25, 0.3) is 11.3 Å². The zero-order valence-corrected chi connectivity index (χ0v) is 12.9. The first-order chi connectivity index (χ1) is 10.1. The second kappa shape index (κ2) is 7.24. The molecule has 1 heterocycles. The summed E-state index contributed by atoms with van der Waals surface area (Å²) in [6, 6.07) is 8.86. The van der Waals surface area contributed by atoms with Gasteiger partial charge in [0.05, 0.1) is 0 Å². The van der Waals surface area contributed by atoms with Gasteiger partial charge >= 0.3 is 0 Å². The SMILES string of the molecule is CCN(C)CCNC(=O)c1cc(-c2cccc(Cl)c2)no1. The average molecular weight is 308 g/mol. The molecule has 0 unspecified atom stereocenters. The van der Waals surface area contributed by atoms with Crippen molar-refractivity contribution in [3.8, 4) is 11.3 Å². The molecule has 1 aromatic heterocycles. The quantitative estimate of drug-likeness (QED) is 0.891. The van der Waals surface area contributed by atoms with E-state index in [-0.39, 0.29) is 11.7 Å². The van der Waals surface area contributed by atoms with Crippen molar-refractivity contribution in [1.29, 1.82) is 0 Å². The molecule has 2 aromatic rings. The first-order valence-electron chi connectivity index (χ1n) is 6.79. The molecule has 0 saturated heterocycles. The molecule has 21 heavy (non-hydrogen) atoms. The number of aromatic nitrogens is 1. The molecule has 0 atom stereocenters. The normalized spacial score (nSPS) is 10.9. The predicted octanol–water partition coefficient (Wildman–Crippen LogP) is 2.68. The molecule has 0 radical (unpaired) electrons. The van der Waals surface area contributed by atoms with Gasteiger partial charge in [0, 0.05) is 29.7 Å². The summed E-state index contributed by atoms with van der Waals surface area (Å²) in [6.45, 7) is 4.36. The van der Waals surface area contributed by atoms with E-state index in [0.717, 1.165) is 18.7 Å². The number of likely N-dealkylation sites (N-methyl/N-ethyl adjacent to an activating group) is 1. The van der Waals surface area contributed by atoms with Crippen LogP contribution in [0.1, 0.15) is 17.5 Å². The van der Waals surface area contributed by atoms with Crippen molar-refractivity contribution in [2.75, 3.05) is 26.7 Å². The number of nitrogens with zero attached hydrogens (tertiary/aromatic N) is 2. The smallest absolute Gasteiger partial charge is 0.289 e. The molecule has 0 aliphatic heterocycles. The molecule has 0 aliphatic carbocycles. The number of hydrogen-bond donors (Lipinski definition) is 1. The van der Waals surface area contributed by atoms with E-state index in [1.54, 1.807) is 18.2 Å². The molecule has 5 nitrogen and oxygen atoms in total. The summed E-state index contributed by atoms with van der Waals surface area (Å²) in [7, 11) is 2.00. The number of rotatable bonds is 6. The van der Waals surface area contributed by atoms with Crippen LogP contribution < -0.4 is 5.32 Å². The van der Waals surface area contributed by atoms with Gasteiger partial charge in [-0.15, -0.1) is 0 Å². The van der Waals surface area contributed by atoms with E-state index < -0.39 is 0 Å². The van der Waals surface area contributed by atoms with Crippen LogP contribution in [0.5, 0.6) is 0 Å². The Kier molecular flexibility index (Phi) is 5.36. The Morgan fingerprint density at radius 1 is 1.43 bits per heavy atom. The van der Waals surface area contributed by atoms with Gasteiger partial charge < -0.3 is 14.7 Å². The van der Waals surface area contributed by atoms with Crippen molar-refractivity contribution in [3.05, 3.63) is 41.1 Å². The minimum atomic E-state index is -0.264. The Morgan fingerprint density at radius 2 is 2.24 bits per heavy atom. The van der Waals surface area contributed by atoms with Crippen LogP contribution in [0.2, 0.25) is 5.02 Å². The fourth-order valence-electron chi connectivity index (χ4n) is 1.77. The zero-order valence-electron chi connectivity index (χ0n) is 12.1. The average Bonchev–Trinajstić information content (AvgIpc) is 2.97. The summed E-state index contributed by atoms with van der Waals surface area (Å²) in [5, 5.41) is 7.32. The van der Waals surface area contributed by atoms with Gasteiger partial charge in [-0.25, -0.2) is 0 Å². The molecule has 0 saturated carbocycles. The minimum absolute atomic E-state index is 0.198. The lowest BCUT2D eigenvalue weighted by atomic mass is 10.1. The Balaban J connectivity index is 1.98. The highest BCUT2D eigenvalue weighted by molar-refractivity contribution is 6.30. The van der Waals surface area contributed by atoms with Crippen LogP contribution in [0.3, 0.4) is 0 Å². The van der Waals surface area contributed by atoms with Crippen LogP contribution in [-0.4, -0.2) is 42.6 Å². The summed E-state index contributed by atoms with van der Waals surface area (Å²) < 4.78 is 5.09. The number of halogens is 1. The van der Waals surface area contributed by atoms with Gasteiger partial charge in [-0.1, -0.05) is 35.8 Å². The first-order valence-corrected chi connectivity index (χ1v) is 7.17. The fourth-order valence-corrected chi connectivity index (χ4v) is 1.96. The minimum Gasteiger partial charge on any atom is -0.350 e. The van der Waals surface area contributed by atoms with Crippen molar-refractivity contribution in [2.24, 2.45) is 0 Å². The first kappa shape index (κ1) is 15.5. The van der Waals surface area contributed by atoms with Crippen molar-refractivity contribution in [3.63, 3.8) is 0 Å². The molecule has 0 fully saturated rings. The molecular formula is C15H18ClN3O2. The maximum Gasteiger partial charge on any atom is 0.289 e. The molecule has 1 amide bonds. The third-order valence-electron chi connectivity index (χ3n) is 3.17. The van der Waals surface area contributed by atoms with E-state index in [2.05, 4.69) is 22.3 Å². The molecule has 112 valence electrons. The van der Waals surface area contributed by atoms with Gasteiger partial charge in [0.15, 0.2) is 0 Å². The molecule has 0 spiro atoms. The number of amides is 1. The Morgan fingerprint density at radius 3 is 2.95 bits per heavy atom. The molecule has 0 aliphatic rings. The van der Waals surface area contributed by atoms with E-state index in [0.29, 0.717) is 17.3 Å². The van der Waals surface area contributed by atoms with Crippen molar-refractivity contribution in [1.82, 2.24) is 15.4 Å². The lowest BCUT2D eigenvalue weighted by Gasteiger charge is -2.13. The highest BCUT2D eigenvalue weighted by atomic mass is 35.5. The van der Waals surface area contributed by atoms with Gasteiger partial charge in [0.25, 0.3) is 5.91 Å². The standard InChI is InChI=1S/C15H18ClN3O2/c1-3-19(2)8-7-17-15(20)14-10-13(18-21-14)11-5-4-6-12(16)9-11/h4-6,9-10H,3,7-8H2,1-2H3,(H,17,20). The third-order valence-corrected chi connectivity index (χ3v) is 3.41. The molecule has 2 rings (SSSR count). The van der Waals surface area contributed by atoms with E-state index in [1.165, 1.54) is 0 Å². The lowest BCUT2D eigenvalue weighted by molar-refractivity contribution is 0.0913. The summed E-state index contributed by atoms with van der Waals surface area (Å²) in [5.41, 5.74) is 1.41. The number of benzene rings is 1. The fraction of sp³-hybridized carbons (Fsp3) is 0.333. The van der Waals surface area contributed by atoms with Crippen molar-refractivity contribution < 1.29 is 9.32 Å². The van der Waals surface area contributed by atoms with Gasteiger partial charge in [0.1, 0.15) is 5.69 Å². The van der Waals surface area contributed by atoms with Gasteiger partial charge in [-0.3, -0.25) is 4.79 Å². The molecule has 6 heteroatoms. The van der Waals surface area contributed by atoms with E-state index in [9.17, 15) is 4.79 Å². The van der Waals surface area contributed by atoms with Crippen molar-refractivity contribution in [2.45, 2.75) is 6.92 Å². The van der Waals surface area contributed by atoms with Crippen LogP contribution in [0.15, 0.2) is 34.9 Å². The van der Waals surface area contributed by atoms with Crippen LogP contribution >= 0.6 is 11.6 Å². The highest BCUT2D eigenvalue weighted by Gasteiger charge is 2.13. The largest absolute Gasteiger partial charge is 0.350 e. The van der Waals surface area contributed by atoms with Gasteiger partial charge in [0.2, 0.25) is 5.76 Å². The molecule has 1 aromatic carbocycles. The topological polar surface area (TPSA) is 58.4 Å². The maximum absolute atomic E-state index is 11.9. The van der Waals surface area contributed by atoms with Gasteiger partial charge in [-0.2, -0.15) is 0 Å². The summed E-state index contributed by atoms with van der Waals surface area (Å²) in [4.78, 5) is 14.0. The Labute approximate surface area is 128 Å². The number of carbonyl (C=O) groups is 1. The summed E-state index contributed by atoms with van der Waals surface area (Å²) in [6.07, 6.45) is 0. The molecule has 1 N–H and O–H groups in total. The van der Waals surface area contributed by atoms with E-state index in [4.69, 9.17) is 16.1 Å². The maximum atomic E-state index is 11.9. The van der Waals surface area contributed by atoms with E-state index >= 15 is 0 Å². The number of carbonyl (C=O) groups excluding carboxylic acids is 1. The monoisotopic (exact) mass is 307 g/mol. The summed E-state index contributed by atoms with van der Waals surface area (Å²) in [5.74, 6) is -0.0654. The highest BCUT2D eigenvalue weighted by Crippen LogP contribution is 2.22.